The van der Waals surface area contributed by atoms with Crippen molar-refractivity contribution < 1.29 is 14.3 Å². The average Bonchev–Trinajstić information content (AvgIpc) is 2.25. The molecule has 0 spiro atoms. The third kappa shape index (κ3) is 6.71. The van der Waals surface area contributed by atoms with E-state index in [0.717, 1.165) is 0 Å². The molecule has 4 heteroatoms. The van der Waals surface area contributed by atoms with Gasteiger partial charge < -0.3 is 9.47 Å². The minimum Gasteiger partial charge on any atom is -0.355 e. The number of rotatable bonds is 8. The van der Waals surface area contributed by atoms with E-state index in [1.807, 2.05) is 31.9 Å². The number of methoxy groups -OCH3 is 2. The van der Waals surface area contributed by atoms with Crippen molar-refractivity contribution in [1.29, 1.82) is 0 Å². The van der Waals surface area contributed by atoms with Crippen molar-refractivity contribution in [2.45, 2.75) is 20.1 Å². The molecule has 16 heavy (non-hydrogen) atoms. The van der Waals surface area contributed by atoms with E-state index >= 15 is 0 Å². The van der Waals surface area contributed by atoms with Crippen molar-refractivity contribution in [2.24, 2.45) is 5.92 Å². The minimum absolute atomic E-state index is 0.0623. The van der Waals surface area contributed by atoms with Crippen LogP contribution in [0.2, 0.25) is 0 Å². The van der Waals surface area contributed by atoms with Crippen LogP contribution in [0.5, 0.6) is 0 Å². The van der Waals surface area contributed by atoms with Gasteiger partial charge in [-0.05, 0) is 13.1 Å². The number of ketones is 1. The van der Waals surface area contributed by atoms with Gasteiger partial charge >= 0.3 is 0 Å². The molecular formula is C12H23NO3. The molecule has 4 nitrogen and oxygen atoms in total. The zero-order chi connectivity index (χ0) is 12.6. The van der Waals surface area contributed by atoms with E-state index in [1.54, 1.807) is 20.3 Å². The van der Waals surface area contributed by atoms with Gasteiger partial charge in [-0.15, -0.1) is 0 Å². The van der Waals surface area contributed by atoms with Crippen LogP contribution < -0.4 is 0 Å². The number of ether oxygens (including phenoxy) is 2. The number of nitrogens with zero attached hydrogens (tertiary/aromatic N) is 1. The fraction of sp³-hybridized carbons (Fsp3) is 0.750. The molecule has 0 rings (SSSR count). The molecule has 0 unspecified atom stereocenters. The fourth-order valence-electron chi connectivity index (χ4n) is 1.12. The summed E-state index contributed by atoms with van der Waals surface area (Å²) in [4.78, 5) is 13.3. The van der Waals surface area contributed by atoms with Gasteiger partial charge in [-0.2, -0.15) is 0 Å². The van der Waals surface area contributed by atoms with E-state index in [1.165, 1.54) is 0 Å². The summed E-state index contributed by atoms with van der Waals surface area (Å²) in [5.41, 5.74) is 0. The summed E-state index contributed by atoms with van der Waals surface area (Å²) in [5.74, 6) is 0.218. The summed E-state index contributed by atoms with van der Waals surface area (Å²) in [6, 6.07) is 0. The Kier molecular flexibility index (Phi) is 8.07. The summed E-state index contributed by atoms with van der Waals surface area (Å²) in [6.07, 6.45) is 3.28. The van der Waals surface area contributed by atoms with E-state index in [-0.39, 0.29) is 18.0 Å². The van der Waals surface area contributed by atoms with Crippen molar-refractivity contribution in [3.8, 4) is 0 Å². The van der Waals surface area contributed by atoms with Crippen LogP contribution in [0.3, 0.4) is 0 Å². The topological polar surface area (TPSA) is 38.8 Å². The Hall–Kier alpha value is -0.710. The van der Waals surface area contributed by atoms with E-state index in [9.17, 15) is 4.79 Å². The second kappa shape index (κ2) is 8.44. The van der Waals surface area contributed by atoms with Crippen molar-refractivity contribution in [3.63, 3.8) is 0 Å². The molecule has 0 aliphatic carbocycles. The van der Waals surface area contributed by atoms with Crippen LogP contribution in [0.15, 0.2) is 12.2 Å². The maximum atomic E-state index is 11.3. The predicted octanol–water partition coefficient (Wildman–Crippen LogP) is 1.32. The lowest BCUT2D eigenvalue weighted by Crippen LogP contribution is -2.31. The first kappa shape index (κ1) is 15.3. The Morgan fingerprint density at radius 3 is 2.31 bits per heavy atom. The molecule has 0 bridgehead atoms. The molecule has 0 saturated heterocycles. The molecule has 94 valence electrons. The second-order valence-electron chi connectivity index (χ2n) is 4.08. The lowest BCUT2D eigenvalue weighted by Gasteiger charge is -2.20. The highest BCUT2D eigenvalue weighted by atomic mass is 16.7. The molecule has 0 radical (unpaired) electrons. The van der Waals surface area contributed by atoms with E-state index < -0.39 is 0 Å². The van der Waals surface area contributed by atoms with Crippen molar-refractivity contribution >= 4 is 5.78 Å². The summed E-state index contributed by atoms with van der Waals surface area (Å²) >= 11 is 0. The highest BCUT2D eigenvalue weighted by Gasteiger charge is 2.08. The van der Waals surface area contributed by atoms with Crippen LogP contribution in [0, 0.1) is 5.92 Å². The van der Waals surface area contributed by atoms with Gasteiger partial charge in [-0.25, -0.2) is 0 Å². The summed E-state index contributed by atoms with van der Waals surface area (Å²) in [5, 5.41) is 0. The van der Waals surface area contributed by atoms with Crippen LogP contribution in [0.4, 0.5) is 0 Å². The molecule has 0 fully saturated rings. The Balaban J connectivity index is 3.88. The van der Waals surface area contributed by atoms with Gasteiger partial charge in [0, 0.05) is 33.2 Å². The molecule has 0 saturated carbocycles. The molecule has 0 atom stereocenters. The number of hydrogen-bond donors (Lipinski definition) is 0. The maximum absolute atomic E-state index is 11.3. The maximum Gasteiger partial charge on any atom is 0.169 e. The highest BCUT2D eigenvalue weighted by Crippen LogP contribution is 1.97. The zero-order valence-electron chi connectivity index (χ0n) is 10.9. The SMILES string of the molecule is COC(CN(C)C/C=C/C(=O)C(C)C)OC. The lowest BCUT2D eigenvalue weighted by molar-refractivity contribution is -0.117. The lowest BCUT2D eigenvalue weighted by atomic mass is 10.1. The minimum atomic E-state index is -0.223. The number of allylic oxidation sites excluding steroid dienone is 1. The molecule has 0 amide bonds. The Morgan fingerprint density at radius 1 is 1.31 bits per heavy atom. The highest BCUT2D eigenvalue weighted by molar-refractivity contribution is 5.91. The number of carbonyl (C=O) groups excluding carboxylic acids is 1. The van der Waals surface area contributed by atoms with Gasteiger partial charge in [-0.3, -0.25) is 9.69 Å². The van der Waals surface area contributed by atoms with E-state index in [0.29, 0.717) is 13.1 Å². The molecule has 0 N–H and O–H groups in total. The first-order chi connectivity index (χ1) is 7.51. The van der Waals surface area contributed by atoms with Crippen LogP contribution >= 0.6 is 0 Å². The smallest absolute Gasteiger partial charge is 0.169 e. The van der Waals surface area contributed by atoms with E-state index in [2.05, 4.69) is 0 Å². The van der Waals surface area contributed by atoms with Crippen molar-refractivity contribution in [1.82, 2.24) is 4.90 Å². The molecule has 0 aromatic rings. The number of likely N-dealkylation sites (N-methyl/N-ethyl adjacent to an activating group) is 1. The zero-order valence-corrected chi connectivity index (χ0v) is 10.9. The standard InChI is InChI=1S/C12H23NO3/c1-10(2)11(14)7-6-8-13(3)9-12(15-4)16-5/h6-7,10,12H,8-9H2,1-5H3/b7-6+. The molecule has 0 aromatic heterocycles. The van der Waals surface area contributed by atoms with Crippen LogP contribution in [0.1, 0.15) is 13.8 Å². The van der Waals surface area contributed by atoms with Gasteiger partial charge in [0.15, 0.2) is 12.1 Å². The summed E-state index contributed by atoms with van der Waals surface area (Å²) in [7, 11) is 5.18. The molecular weight excluding hydrogens is 206 g/mol. The third-order valence-corrected chi connectivity index (χ3v) is 2.25. The van der Waals surface area contributed by atoms with Gasteiger partial charge in [0.2, 0.25) is 0 Å². The predicted molar refractivity (Wildman–Crippen MR) is 64.3 cm³/mol. The van der Waals surface area contributed by atoms with Crippen LogP contribution in [-0.2, 0) is 14.3 Å². The Bertz CT molecular complexity index is 222. The van der Waals surface area contributed by atoms with Gasteiger partial charge in [0.1, 0.15) is 0 Å². The normalized spacial score (nSPS) is 12.2. The van der Waals surface area contributed by atoms with Crippen LogP contribution in [0.25, 0.3) is 0 Å². The summed E-state index contributed by atoms with van der Waals surface area (Å²) < 4.78 is 10.2. The van der Waals surface area contributed by atoms with Crippen molar-refractivity contribution in [2.75, 3.05) is 34.4 Å². The molecule has 0 aliphatic heterocycles. The van der Waals surface area contributed by atoms with Gasteiger partial charge in [0.25, 0.3) is 0 Å². The number of hydrogen-bond acceptors (Lipinski definition) is 4. The number of carbonyl (C=O) groups is 1. The Labute approximate surface area is 98.2 Å². The van der Waals surface area contributed by atoms with Crippen molar-refractivity contribution in [3.05, 3.63) is 12.2 Å². The third-order valence-electron chi connectivity index (χ3n) is 2.25. The quantitative estimate of drug-likeness (QED) is 0.465. The molecule has 0 aliphatic rings. The average molecular weight is 229 g/mol. The molecule has 0 aromatic carbocycles. The fourth-order valence-corrected chi connectivity index (χ4v) is 1.12. The largest absolute Gasteiger partial charge is 0.355 e. The van der Waals surface area contributed by atoms with Gasteiger partial charge in [-0.1, -0.05) is 19.9 Å². The molecule has 0 heterocycles. The first-order valence-electron chi connectivity index (χ1n) is 5.45. The van der Waals surface area contributed by atoms with Crippen LogP contribution in [-0.4, -0.2) is 51.3 Å². The second-order valence-corrected chi connectivity index (χ2v) is 4.08. The van der Waals surface area contributed by atoms with E-state index in [4.69, 9.17) is 9.47 Å². The monoisotopic (exact) mass is 229 g/mol. The van der Waals surface area contributed by atoms with Gasteiger partial charge in [0.05, 0.1) is 0 Å². The summed E-state index contributed by atoms with van der Waals surface area (Å²) in [6.45, 7) is 5.17. The Morgan fingerprint density at radius 2 is 1.88 bits per heavy atom. The first-order valence-corrected chi connectivity index (χ1v) is 5.45.